The van der Waals surface area contributed by atoms with E-state index in [9.17, 15) is 4.79 Å². The van der Waals surface area contributed by atoms with Gasteiger partial charge >= 0.3 is 0 Å². The highest BCUT2D eigenvalue weighted by Gasteiger charge is 2.54. The Morgan fingerprint density at radius 3 is 2.52 bits per heavy atom. The van der Waals surface area contributed by atoms with Crippen LogP contribution in [0, 0.1) is 23.2 Å². The topological polar surface area (TPSA) is 54.9 Å². The molecule has 0 unspecified atom stereocenters. The fourth-order valence-corrected chi connectivity index (χ4v) is 7.02. The first-order valence-corrected chi connectivity index (χ1v) is 10.3. The van der Waals surface area contributed by atoms with Gasteiger partial charge in [0.1, 0.15) is 5.78 Å². The van der Waals surface area contributed by atoms with Gasteiger partial charge in [-0.1, -0.05) is 29.2 Å². The van der Waals surface area contributed by atoms with Crippen molar-refractivity contribution in [3.8, 4) is 0 Å². The van der Waals surface area contributed by atoms with Gasteiger partial charge in [-0.25, -0.2) is 0 Å². The van der Waals surface area contributed by atoms with E-state index in [1.165, 1.54) is 30.6 Å². The SMILES string of the molecule is C=CCNc1nnc(SCC(=O)C23CC4CC(CC(C4)C2)C3)s1. The maximum absolute atomic E-state index is 13.0. The van der Waals surface area contributed by atoms with E-state index in [0.29, 0.717) is 18.1 Å². The second-order valence-corrected chi connectivity index (χ2v) is 9.65. The molecular formula is C17H23N3OS2. The van der Waals surface area contributed by atoms with Crippen molar-refractivity contribution >= 4 is 34.0 Å². The van der Waals surface area contributed by atoms with Crippen LogP contribution in [-0.2, 0) is 4.79 Å². The minimum absolute atomic E-state index is 0.0103. The molecule has 0 spiro atoms. The van der Waals surface area contributed by atoms with Crippen LogP contribution in [0.4, 0.5) is 5.13 Å². The Morgan fingerprint density at radius 1 is 1.26 bits per heavy atom. The fraction of sp³-hybridized carbons (Fsp3) is 0.706. The molecule has 1 aromatic heterocycles. The molecule has 1 aromatic rings. The minimum atomic E-state index is 0.0103. The van der Waals surface area contributed by atoms with Crippen LogP contribution < -0.4 is 5.32 Å². The lowest BCUT2D eigenvalue weighted by molar-refractivity contribution is -0.141. The summed E-state index contributed by atoms with van der Waals surface area (Å²) in [5.41, 5.74) is 0.0103. The fourth-order valence-electron chi connectivity index (χ4n) is 5.23. The summed E-state index contributed by atoms with van der Waals surface area (Å²) in [7, 11) is 0. The van der Waals surface area contributed by atoms with Gasteiger partial charge in [-0.2, -0.15) is 0 Å². The first-order chi connectivity index (χ1) is 11.2. The number of hydrogen-bond donors (Lipinski definition) is 1. The van der Waals surface area contributed by atoms with E-state index >= 15 is 0 Å². The number of carbonyl (C=O) groups excluding carboxylic acids is 1. The van der Waals surface area contributed by atoms with Crippen LogP contribution in [0.3, 0.4) is 0 Å². The largest absolute Gasteiger partial charge is 0.357 e. The lowest BCUT2D eigenvalue weighted by atomic mass is 9.48. The predicted molar refractivity (Wildman–Crippen MR) is 94.9 cm³/mol. The summed E-state index contributed by atoms with van der Waals surface area (Å²) in [6, 6.07) is 0. The van der Waals surface area contributed by atoms with Crippen LogP contribution in [0.5, 0.6) is 0 Å². The second-order valence-electron chi connectivity index (χ2n) is 7.45. The van der Waals surface area contributed by atoms with Crippen molar-refractivity contribution in [1.82, 2.24) is 10.2 Å². The van der Waals surface area contributed by atoms with Crippen molar-refractivity contribution in [1.29, 1.82) is 0 Å². The van der Waals surface area contributed by atoms with Gasteiger partial charge in [0.15, 0.2) is 4.34 Å². The molecule has 0 aromatic carbocycles. The molecule has 0 saturated heterocycles. The molecule has 0 aliphatic heterocycles. The van der Waals surface area contributed by atoms with Crippen LogP contribution in [-0.4, -0.2) is 28.3 Å². The zero-order valence-electron chi connectivity index (χ0n) is 13.3. The molecule has 0 amide bonds. The van der Waals surface area contributed by atoms with Crippen LogP contribution >= 0.6 is 23.1 Å². The second kappa shape index (κ2) is 6.20. The van der Waals surface area contributed by atoms with Crippen molar-refractivity contribution in [3.05, 3.63) is 12.7 Å². The third kappa shape index (κ3) is 3.07. The summed E-state index contributed by atoms with van der Waals surface area (Å²) >= 11 is 3.08. The molecule has 0 radical (unpaired) electrons. The van der Waals surface area contributed by atoms with Gasteiger partial charge in [-0.05, 0) is 56.3 Å². The van der Waals surface area contributed by atoms with Crippen molar-refractivity contribution in [2.75, 3.05) is 17.6 Å². The van der Waals surface area contributed by atoms with Crippen LogP contribution in [0.1, 0.15) is 38.5 Å². The average Bonchev–Trinajstić information content (AvgIpc) is 2.97. The zero-order chi connectivity index (χ0) is 15.9. The lowest BCUT2D eigenvalue weighted by Crippen LogP contribution is -2.50. The summed E-state index contributed by atoms with van der Waals surface area (Å²) in [4.78, 5) is 13.0. The van der Waals surface area contributed by atoms with Crippen LogP contribution in [0.25, 0.3) is 0 Å². The summed E-state index contributed by atoms with van der Waals surface area (Å²) in [5, 5.41) is 12.2. The number of carbonyl (C=O) groups is 1. The van der Waals surface area contributed by atoms with Gasteiger partial charge < -0.3 is 5.32 Å². The molecule has 4 nitrogen and oxygen atoms in total. The van der Waals surface area contributed by atoms with E-state index < -0.39 is 0 Å². The number of nitrogens with zero attached hydrogens (tertiary/aromatic N) is 2. The number of anilines is 1. The third-order valence-electron chi connectivity index (χ3n) is 5.76. The van der Waals surface area contributed by atoms with Gasteiger partial charge in [0.25, 0.3) is 0 Å². The molecule has 4 aliphatic rings. The summed E-state index contributed by atoms with van der Waals surface area (Å²) in [6.45, 7) is 4.36. The molecular weight excluding hydrogens is 326 g/mol. The number of thioether (sulfide) groups is 1. The highest BCUT2D eigenvalue weighted by molar-refractivity contribution is 8.01. The number of nitrogens with one attached hydrogen (secondary N) is 1. The van der Waals surface area contributed by atoms with E-state index in [4.69, 9.17) is 0 Å². The Morgan fingerprint density at radius 2 is 1.91 bits per heavy atom. The van der Waals surface area contributed by atoms with Crippen molar-refractivity contribution in [3.63, 3.8) is 0 Å². The monoisotopic (exact) mass is 349 g/mol. The Kier molecular flexibility index (Phi) is 4.22. The molecule has 6 heteroatoms. The normalized spacial score (nSPS) is 34.5. The smallest absolute Gasteiger partial charge is 0.206 e. The number of rotatable bonds is 7. The van der Waals surface area contributed by atoms with E-state index in [2.05, 4.69) is 22.1 Å². The van der Waals surface area contributed by atoms with E-state index in [0.717, 1.165) is 46.5 Å². The van der Waals surface area contributed by atoms with E-state index in [1.54, 1.807) is 17.8 Å². The predicted octanol–water partition coefficient (Wildman–Crippen LogP) is 4.01. The lowest BCUT2D eigenvalue weighted by Gasteiger charge is -2.56. The molecule has 5 rings (SSSR count). The quantitative estimate of drug-likeness (QED) is 0.595. The molecule has 1 heterocycles. The Balaban J connectivity index is 1.37. The molecule has 4 aliphatic carbocycles. The standard InChI is InChI=1S/C17H23N3OS2/c1-2-3-18-15-19-20-16(23-15)22-10-14(21)17-7-11-4-12(8-17)6-13(5-11)9-17/h2,11-13H,1,3-10H2,(H,18,19). The van der Waals surface area contributed by atoms with Crippen molar-refractivity contribution in [2.24, 2.45) is 23.2 Å². The molecule has 0 atom stereocenters. The summed E-state index contributed by atoms with van der Waals surface area (Å²) < 4.78 is 0.884. The number of hydrogen-bond acceptors (Lipinski definition) is 6. The number of Topliss-reactive ketones (excluding diaryl/α,β-unsaturated/α-hetero) is 1. The Bertz CT molecular complexity index is 577. The molecule has 1 N–H and O–H groups in total. The molecule has 124 valence electrons. The van der Waals surface area contributed by atoms with Gasteiger partial charge in [0.05, 0.1) is 5.75 Å². The zero-order valence-corrected chi connectivity index (χ0v) is 14.9. The highest BCUT2D eigenvalue weighted by Crippen LogP contribution is 2.60. The third-order valence-corrected chi connectivity index (χ3v) is 7.77. The first-order valence-electron chi connectivity index (χ1n) is 8.51. The first kappa shape index (κ1) is 15.6. The molecule has 4 bridgehead atoms. The maximum Gasteiger partial charge on any atom is 0.206 e. The van der Waals surface area contributed by atoms with Crippen LogP contribution in [0.2, 0.25) is 0 Å². The molecule has 23 heavy (non-hydrogen) atoms. The Hall–Kier alpha value is -0.880. The van der Waals surface area contributed by atoms with Crippen molar-refractivity contribution < 1.29 is 4.79 Å². The average molecular weight is 350 g/mol. The minimum Gasteiger partial charge on any atom is -0.357 e. The number of ketones is 1. The number of aromatic nitrogens is 2. The maximum atomic E-state index is 13.0. The molecule has 4 saturated carbocycles. The summed E-state index contributed by atoms with van der Waals surface area (Å²) in [6.07, 6.45) is 9.41. The van der Waals surface area contributed by atoms with E-state index in [1.807, 2.05) is 0 Å². The van der Waals surface area contributed by atoms with E-state index in [-0.39, 0.29) is 5.41 Å². The molecule has 4 fully saturated rings. The Labute approximate surface area is 145 Å². The van der Waals surface area contributed by atoms with Gasteiger partial charge in [0, 0.05) is 12.0 Å². The van der Waals surface area contributed by atoms with Crippen molar-refractivity contribution in [2.45, 2.75) is 42.9 Å². The highest BCUT2D eigenvalue weighted by atomic mass is 32.2. The van der Waals surface area contributed by atoms with Gasteiger partial charge in [-0.3, -0.25) is 4.79 Å². The summed E-state index contributed by atoms with van der Waals surface area (Å²) in [5.74, 6) is 3.50. The van der Waals surface area contributed by atoms with Gasteiger partial charge in [0.2, 0.25) is 5.13 Å². The van der Waals surface area contributed by atoms with Gasteiger partial charge in [-0.15, -0.1) is 16.8 Å². The van der Waals surface area contributed by atoms with Crippen LogP contribution in [0.15, 0.2) is 17.0 Å².